The number of rotatable bonds is 3. The van der Waals surface area contributed by atoms with Gasteiger partial charge in [-0.25, -0.2) is 0 Å². The van der Waals surface area contributed by atoms with Crippen LogP contribution in [0.5, 0.6) is 0 Å². The summed E-state index contributed by atoms with van der Waals surface area (Å²) in [6.45, 7) is 8.57. The largest absolute Gasteiger partial charge is 0.345 e. The molecule has 0 aromatic carbocycles. The summed E-state index contributed by atoms with van der Waals surface area (Å²) in [6.07, 6.45) is 1.26. The standard InChI is InChI=1S/C6H16BN/c1-5-6-8(4)7(2)3/h5-6H2,1-4H3. The predicted octanol–water partition coefficient (Wildman–Crippen LogP) is 1.58. The molecular weight excluding hydrogens is 96.9 g/mol. The molecule has 0 saturated carbocycles. The molecule has 0 amide bonds. The van der Waals surface area contributed by atoms with Gasteiger partial charge in [-0.15, -0.1) is 0 Å². The molecule has 0 fully saturated rings. The Labute approximate surface area is 53.2 Å². The minimum absolute atomic E-state index is 0.704. The van der Waals surface area contributed by atoms with Crippen molar-refractivity contribution in [1.82, 2.24) is 4.81 Å². The molecule has 0 saturated heterocycles. The Balaban J connectivity index is 3.17. The average molecular weight is 113 g/mol. The zero-order valence-corrected chi connectivity index (χ0v) is 6.44. The molecule has 0 heterocycles. The van der Waals surface area contributed by atoms with Crippen LogP contribution in [0.4, 0.5) is 0 Å². The molecule has 0 rings (SSSR count). The highest BCUT2D eigenvalue weighted by atomic mass is 15.0. The molecule has 0 aliphatic carbocycles. The van der Waals surface area contributed by atoms with E-state index in [9.17, 15) is 0 Å². The molecule has 0 aromatic heterocycles. The van der Waals surface area contributed by atoms with Crippen LogP contribution in [0.25, 0.3) is 0 Å². The normalized spacial score (nSPS) is 10.1. The number of nitrogens with zero attached hydrogens (tertiary/aromatic N) is 1. The van der Waals surface area contributed by atoms with E-state index in [0.717, 1.165) is 0 Å². The van der Waals surface area contributed by atoms with Crippen molar-refractivity contribution in [3.63, 3.8) is 0 Å². The van der Waals surface area contributed by atoms with Gasteiger partial charge in [0, 0.05) is 0 Å². The maximum Gasteiger partial charge on any atom is 0.216 e. The second-order valence-corrected chi connectivity index (χ2v) is 2.57. The smallest absolute Gasteiger partial charge is 0.216 e. The molecule has 0 aromatic rings. The lowest BCUT2D eigenvalue weighted by Gasteiger charge is -2.16. The molecule has 1 nitrogen and oxygen atoms in total. The fraction of sp³-hybridized carbons (Fsp3) is 1.00. The fourth-order valence-electron chi connectivity index (χ4n) is 0.611. The third-order valence-corrected chi connectivity index (χ3v) is 1.46. The molecule has 48 valence electrons. The van der Waals surface area contributed by atoms with E-state index < -0.39 is 0 Å². The second kappa shape index (κ2) is 3.96. The van der Waals surface area contributed by atoms with Gasteiger partial charge in [0.15, 0.2) is 0 Å². The van der Waals surface area contributed by atoms with Gasteiger partial charge in [0.1, 0.15) is 0 Å². The maximum absolute atomic E-state index is 2.35. The van der Waals surface area contributed by atoms with E-state index in [4.69, 9.17) is 0 Å². The fourth-order valence-corrected chi connectivity index (χ4v) is 0.611. The summed E-state index contributed by atoms with van der Waals surface area (Å²) in [5.41, 5.74) is 0. The minimum Gasteiger partial charge on any atom is -0.345 e. The van der Waals surface area contributed by atoms with Crippen molar-refractivity contribution >= 4 is 6.85 Å². The monoisotopic (exact) mass is 113 g/mol. The Morgan fingerprint density at radius 3 is 2.00 bits per heavy atom. The van der Waals surface area contributed by atoms with E-state index in [-0.39, 0.29) is 0 Å². The van der Waals surface area contributed by atoms with E-state index in [2.05, 4.69) is 32.4 Å². The minimum atomic E-state index is 0.704. The Hall–Kier alpha value is 0.0249. The van der Waals surface area contributed by atoms with Gasteiger partial charge in [0.05, 0.1) is 0 Å². The highest BCUT2D eigenvalue weighted by Crippen LogP contribution is 1.90. The van der Waals surface area contributed by atoms with Crippen molar-refractivity contribution in [3.8, 4) is 0 Å². The highest BCUT2D eigenvalue weighted by molar-refractivity contribution is 6.52. The number of hydrogen-bond donors (Lipinski definition) is 0. The first-order chi connectivity index (χ1) is 3.68. The first-order valence-electron chi connectivity index (χ1n) is 3.38. The van der Waals surface area contributed by atoms with E-state index in [1.54, 1.807) is 0 Å². The highest BCUT2D eigenvalue weighted by Gasteiger charge is 2.03. The van der Waals surface area contributed by atoms with E-state index >= 15 is 0 Å². The molecule has 0 atom stereocenters. The van der Waals surface area contributed by atoms with Gasteiger partial charge in [-0.1, -0.05) is 20.6 Å². The first-order valence-corrected chi connectivity index (χ1v) is 3.38. The SMILES string of the molecule is CCCN(C)B(C)C. The molecule has 0 N–H and O–H groups in total. The van der Waals surface area contributed by atoms with Crippen LogP contribution >= 0.6 is 0 Å². The summed E-state index contributed by atoms with van der Waals surface area (Å²) >= 11 is 0. The van der Waals surface area contributed by atoms with Crippen molar-refractivity contribution in [2.75, 3.05) is 13.6 Å². The van der Waals surface area contributed by atoms with Crippen LogP contribution in [0.3, 0.4) is 0 Å². The van der Waals surface area contributed by atoms with Gasteiger partial charge in [0.2, 0.25) is 6.85 Å². The van der Waals surface area contributed by atoms with E-state index in [1.807, 2.05) is 0 Å². The Bertz CT molecular complexity index is 54.5. The van der Waals surface area contributed by atoms with Crippen LogP contribution < -0.4 is 0 Å². The van der Waals surface area contributed by atoms with Crippen molar-refractivity contribution in [1.29, 1.82) is 0 Å². The summed E-state index contributed by atoms with van der Waals surface area (Å²) in [5, 5.41) is 0. The van der Waals surface area contributed by atoms with Gasteiger partial charge < -0.3 is 4.81 Å². The van der Waals surface area contributed by atoms with Crippen molar-refractivity contribution in [2.45, 2.75) is 27.0 Å². The molecule has 0 unspecified atom stereocenters. The Morgan fingerprint density at radius 1 is 1.38 bits per heavy atom. The van der Waals surface area contributed by atoms with Gasteiger partial charge in [-0.05, 0) is 20.0 Å². The molecular formula is C6H16BN. The zero-order chi connectivity index (χ0) is 6.57. The summed E-state index contributed by atoms with van der Waals surface area (Å²) in [7, 11) is 2.16. The Morgan fingerprint density at radius 2 is 1.88 bits per heavy atom. The predicted molar refractivity (Wildman–Crippen MR) is 40.4 cm³/mol. The van der Waals surface area contributed by atoms with Crippen molar-refractivity contribution < 1.29 is 0 Å². The first kappa shape index (κ1) is 8.02. The van der Waals surface area contributed by atoms with Gasteiger partial charge in [0.25, 0.3) is 0 Å². The maximum atomic E-state index is 2.35. The van der Waals surface area contributed by atoms with E-state index in [0.29, 0.717) is 6.85 Å². The summed E-state index contributed by atoms with van der Waals surface area (Å²) in [6, 6.07) is 0. The van der Waals surface area contributed by atoms with Gasteiger partial charge in [-0.3, -0.25) is 0 Å². The van der Waals surface area contributed by atoms with Crippen molar-refractivity contribution in [2.24, 2.45) is 0 Å². The quantitative estimate of drug-likeness (QED) is 0.502. The molecule has 0 radical (unpaired) electrons. The van der Waals surface area contributed by atoms with Crippen LogP contribution in [0.2, 0.25) is 13.6 Å². The van der Waals surface area contributed by atoms with Gasteiger partial charge in [-0.2, -0.15) is 0 Å². The molecule has 0 aliphatic heterocycles. The van der Waals surface area contributed by atoms with Gasteiger partial charge >= 0.3 is 0 Å². The Kier molecular flexibility index (Phi) is 3.97. The van der Waals surface area contributed by atoms with Crippen LogP contribution in [-0.4, -0.2) is 25.3 Å². The lowest BCUT2D eigenvalue weighted by atomic mass is 9.66. The van der Waals surface area contributed by atoms with Crippen LogP contribution in [0.1, 0.15) is 13.3 Å². The molecule has 0 bridgehead atoms. The lowest BCUT2D eigenvalue weighted by Crippen LogP contribution is -2.30. The van der Waals surface area contributed by atoms with Crippen molar-refractivity contribution in [3.05, 3.63) is 0 Å². The lowest BCUT2D eigenvalue weighted by molar-refractivity contribution is 0.519. The average Bonchev–Trinajstić information content (AvgIpc) is 1.67. The second-order valence-electron chi connectivity index (χ2n) is 2.57. The number of hydrogen-bond acceptors (Lipinski definition) is 1. The van der Waals surface area contributed by atoms with Crippen LogP contribution in [0.15, 0.2) is 0 Å². The topological polar surface area (TPSA) is 3.24 Å². The molecule has 2 heteroatoms. The zero-order valence-electron chi connectivity index (χ0n) is 6.44. The van der Waals surface area contributed by atoms with Crippen LogP contribution in [-0.2, 0) is 0 Å². The van der Waals surface area contributed by atoms with E-state index in [1.165, 1.54) is 13.0 Å². The van der Waals surface area contributed by atoms with Crippen LogP contribution in [0, 0.1) is 0 Å². The third-order valence-electron chi connectivity index (χ3n) is 1.46. The third kappa shape index (κ3) is 3.08. The molecule has 0 aliphatic rings. The summed E-state index contributed by atoms with van der Waals surface area (Å²) in [4.78, 5) is 2.35. The molecule has 8 heavy (non-hydrogen) atoms. The summed E-state index contributed by atoms with van der Waals surface area (Å²) < 4.78 is 0. The molecule has 0 spiro atoms. The summed E-state index contributed by atoms with van der Waals surface area (Å²) in [5.74, 6) is 0.